The first-order chi connectivity index (χ1) is 7.15. The van der Waals surface area contributed by atoms with Gasteiger partial charge in [0.2, 0.25) is 0 Å². The molecule has 0 fully saturated rings. The smallest absolute Gasteiger partial charge is 0.328 e. The first-order valence-corrected chi connectivity index (χ1v) is 5.18. The van der Waals surface area contributed by atoms with Gasteiger partial charge in [0.1, 0.15) is 6.04 Å². The van der Waals surface area contributed by atoms with Gasteiger partial charge in [-0.15, -0.1) is 11.6 Å². The molecular formula is C10H13ClN2O2. The van der Waals surface area contributed by atoms with Crippen molar-refractivity contribution in [3.63, 3.8) is 0 Å². The molecule has 0 amide bonds. The van der Waals surface area contributed by atoms with Crippen LogP contribution in [0.1, 0.15) is 24.9 Å². The van der Waals surface area contributed by atoms with Gasteiger partial charge in [-0.1, -0.05) is 12.2 Å². The zero-order valence-electron chi connectivity index (χ0n) is 8.43. The fourth-order valence-electron chi connectivity index (χ4n) is 1.05. The summed E-state index contributed by atoms with van der Waals surface area (Å²) in [5.74, 6) is -0.315. The van der Waals surface area contributed by atoms with Crippen LogP contribution in [0.3, 0.4) is 0 Å². The lowest BCUT2D eigenvalue weighted by molar-refractivity contribution is -0.140. The van der Waals surface area contributed by atoms with Gasteiger partial charge in [-0.25, -0.2) is 4.79 Å². The van der Waals surface area contributed by atoms with Gasteiger partial charge < -0.3 is 5.11 Å². The van der Waals surface area contributed by atoms with Crippen molar-refractivity contribution in [2.24, 2.45) is 0 Å². The monoisotopic (exact) mass is 228 g/mol. The van der Waals surface area contributed by atoms with E-state index in [4.69, 9.17) is 16.7 Å². The molecule has 4 nitrogen and oxygen atoms in total. The second-order valence-corrected chi connectivity index (χ2v) is 3.53. The van der Waals surface area contributed by atoms with Crippen LogP contribution in [0, 0.1) is 0 Å². The number of nitrogens with zero attached hydrogens (tertiary/aromatic N) is 2. The Hall–Kier alpha value is -1.29. The molecule has 1 atom stereocenters. The van der Waals surface area contributed by atoms with E-state index in [2.05, 4.69) is 5.10 Å². The summed E-state index contributed by atoms with van der Waals surface area (Å²) in [4.78, 5) is 10.7. The predicted octanol–water partition coefficient (Wildman–Crippen LogP) is 2.17. The second-order valence-electron chi connectivity index (χ2n) is 3.15. The van der Waals surface area contributed by atoms with Crippen molar-refractivity contribution in [3.8, 4) is 0 Å². The molecule has 15 heavy (non-hydrogen) atoms. The molecule has 0 aliphatic carbocycles. The Labute approximate surface area is 93.2 Å². The first kappa shape index (κ1) is 11.8. The third-order valence-electron chi connectivity index (χ3n) is 1.96. The first-order valence-electron chi connectivity index (χ1n) is 4.64. The van der Waals surface area contributed by atoms with Crippen molar-refractivity contribution in [3.05, 3.63) is 24.0 Å². The molecule has 0 unspecified atom stereocenters. The maximum absolute atomic E-state index is 10.7. The largest absolute Gasteiger partial charge is 0.480 e. The van der Waals surface area contributed by atoms with E-state index in [1.807, 2.05) is 12.2 Å². The fourth-order valence-corrected chi connectivity index (χ4v) is 1.17. The number of alkyl halides is 1. The van der Waals surface area contributed by atoms with E-state index in [-0.39, 0.29) is 0 Å². The number of aromatic nitrogens is 2. The highest BCUT2D eigenvalue weighted by Crippen LogP contribution is 2.08. The molecule has 1 rings (SSSR count). The zero-order chi connectivity index (χ0) is 11.3. The van der Waals surface area contributed by atoms with Gasteiger partial charge in [-0.3, -0.25) is 4.68 Å². The minimum Gasteiger partial charge on any atom is -0.480 e. The van der Waals surface area contributed by atoms with Crippen LogP contribution in [0.2, 0.25) is 0 Å². The third-order valence-corrected chi connectivity index (χ3v) is 2.18. The third kappa shape index (κ3) is 3.40. The number of allylic oxidation sites excluding steroid dienone is 1. The van der Waals surface area contributed by atoms with Gasteiger partial charge in [-0.05, 0) is 13.3 Å². The number of carboxylic acids is 1. The predicted molar refractivity (Wildman–Crippen MR) is 58.9 cm³/mol. The van der Waals surface area contributed by atoms with Gasteiger partial charge in [0.25, 0.3) is 0 Å². The fraction of sp³-hybridized carbons (Fsp3) is 0.400. The van der Waals surface area contributed by atoms with Crippen LogP contribution in [0.5, 0.6) is 0 Å². The van der Waals surface area contributed by atoms with Crippen LogP contribution in [0.15, 0.2) is 18.5 Å². The summed E-state index contributed by atoms with van der Waals surface area (Å²) in [6.07, 6.45) is 7.93. The molecule has 1 heterocycles. The molecule has 0 radical (unpaired) electrons. The average molecular weight is 229 g/mol. The molecule has 1 aromatic rings. The van der Waals surface area contributed by atoms with Crippen molar-refractivity contribution in [2.45, 2.75) is 19.4 Å². The van der Waals surface area contributed by atoms with Gasteiger partial charge >= 0.3 is 5.97 Å². The number of hydrogen-bond donors (Lipinski definition) is 1. The minimum atomic E-state index is -0.894. The van der Waals surface area contributed by atoms with Crippen LogP contribution in [0.25, 0.3) is 6.08 Å². The van der Waals surface area contributed by atoms with Crippen molar-refractivity contribution >= 4 is 23.6 Å². The Morgan fingerprint density at radius 1 is 1.80 bits per heavy atom. The topological polar surface area (TPSA) is 55.1 Å². The molecule has 0 aromatic carbocycles. The number of carboxylic acid groups (broad SMARTS) is 1. The van der Waals surface area contributed by atoms with Crippen LogP contribution < -0.4 is 0 Å². The lowest BCUT2D eigenvalue weighted by atomic mass is 10.3. The molecule has 1 aromatic heterocycles. The summed E-state index contributed by atoms with van der Waals surface area (Å²) in [7, 11) is 0. The molecule has 0 saturated carbocycles. The summed E-state index contributed by atoms with van der Waals surface area (Å²) in [6.45, 7) is 1.58. The van der Waals surface area contributed by atoms with E-state index in [1.54, 1.807) is 19.3 Å². The Bertz CT molecular complexity index is 360. The van der Waals surface area contributed by atoms with Crippen LogP contribution in [0.4, 0.5) is 0 Å². The highest BCUT2D eigenvalue weighted by Gasteiger charge is 2.13. The number of halogens is 1. The number of rotatable bonds is 5. The van der Waals surface area contributed by atoms with Crippen molar-refractivity contribution in [1.29, 1.82) is 0 Å². The maximum atomic E-state index is 10.7. The molecule has 0 aliphatic rings. The van der Waals surface area contributed by atoms with E-state index >= 15 is 0 Å². The summed E-state index contributed by atoms with van der Waals surface area (Å²) in [6, 6.07) is -0.639. The number of carbonyl (C=O) groups is 1. The van der Waals surface area contributed by atoms with E-state index in [0.29, 0.717) is 5.88 Å². The lowest BCUT2D eigenvalue weighted by Gasteiger charge is -2.04. The highest BCUT2D eigenvalue weighted by atomic mass is 35.5. The van der Waals surface area contributed by atoms with E-state index < -0.39 is 12.0 Å². The Kier molecular flexibility index (Phi) is 4.37. The van der Waals surface area contributed by atoms with E-state index in [9.17, 15) is 4.79 Å². The summed E-state index contributed by atoms with van der Waals surface area (Å²) >= 11 is 5.52. The normalized spacial score (nSPS) is 13.2. The number of hydrogen-bond acceptors (Lipinski definition) is 2. The Morgan fingerprint density at radius 3 is 3.13 bits per heavy atom. The van der Waals surface area contributed by atoms with Crippen LogP contribution in [-0.4, -0.2) is 26.7 Å². The zero-order valence-corrected chi connectivity index (χ0v) is 9.18. The van der Waals surface area contributed by atoms with Crippen LogP contribution in [-0.2, 0) is 4.79 Å². The molecule has 0 spiro atoms. The molecule has 0 saturated heterocycles. The van der Waals surface area contributed by atoms with Gasteiger partial charge in [0.15, 0.2) is 0 Å². The summed E-state index contributed by atoms with van der Waals surface area (Å²) in [5.41, 5.74) is 0.883. The average Bonchev–Trinajstić information content (AvgIpc) is 2.65. The molecule has 0 bridgehead atoms. The Balaban J connectivity index is 2.67. The van der Waals surface area contributed by atoms with Gasteiger partial charge in [0.05, 0.1) is 6.20 Å². The highest BCUT2D eigenvalue weighted by molar-refractivity contribution is 6.17. The maximum Gasteiger partial charge on any atom is 0.328 e. The second kappa shape index (κ2) is 5.56. The molecule has 5 heteroatoms. The van der Waals surface area contributed by atoms with Gasteiger partial charge in [-0.2, -0.15) is 5.10 Å². The SMILES string of the molecule is C[C@@H](C(=O)O)n1cc(C=CCCCl)cn1. The Morgan fingerprint density at radius 2 is 2.53 bits per heavy atom. The van der Waals surface area contributed by atoms with Crippen molar-refractivity contribution in [2.75, 3.05) is 5.88 Å². The lowest BCUT2D eigenvalue weighted by Crippen LogP contribution is -2.15. The summed E-state index contributed by atoms with van der Waals surface area (Å²) < 4.78 is 1.42. The quantitative estimate of drug-likeness (QED) is 0.786. The number of aliphatic carboxylic acids is 1. The van der Waals surface area contributed by atoms with Crippen LogP contribution >= 0.6 is 11.6 Å². The van der Waals surface area contributed by atoms with Gasteiger partial charge in [0, 0.05) is 17.6 Å². The molecule has 0 aliphatic heterocycles. The van der Waals surface area contributed by atoms with E-state index in [1.165, 1.54) is 4.68 Å². The molecule has 1 N–H and O–H groups in total. The van der Waals surface area contributed by atoms with E-state index in [0.717, 1.165) is 12.0 Å². The summed E-state index contributed by atoms with van der Waals surface area (Å²) in [5, 5.41) is 12.7. The molecular weight excluding hydrogens is 216 g/mol. The van der Waals surface area contributed by atoms with Crippen molar-refractivity contribution < 1.29 is 9.90 Å². The standard InChI is InChI=1S/C10H13ClN2O2/c1-8(10(14)15)13-7-9(6-12-13)4-2-3-5-11/h2,4,6-8H,3,5H2,1H3,(H,14,15)/t8-/m0/s1. The van der Waals surface area contributed by atoms with Crippen molar-refractivity contribution in [1.82, 2.24) is 9.78 Å². The minimum absolute atomic E-state index is 0.580. The molecule has 82 valence electrons.